The molecule has 7 aromatic rings. The van der Waals surface area contributed by atoms with Gasteiger partial charge in [-0.2, -0.15) is 0 Å². The van der Waals surface area contributed by atoms with E-state index in [0.717, 1.165) is 150 Å². The molecule has 7 heteroatoms. The zero-order valence-corrected chi connectivity index (χ0v) is 57.9. The summed E-state index contributed by atoms with van der Waals surface area (Å²) in [5.41, 5.74) is 16.7. The molecule has 1 heterocycles. The van der Waals surface area contributed by atoms with Crippen LogP contribution in [0.4, 0.5) is 17.1 Å². The second-order valence-electron chi connectivity index (χ2n) is 27.0. The molecule has 1 atom stereocenters. The summed E-state index contributed by atoms with van der Waals surface area (Å²) in [7, 11) is 0. The number of aryl methyl sites for hydroxylation is 2. The number of anilines is 3. The summed E-state index contributed by atoms with van der Waals surface area (Å²) in [6.07, 6.45) is 33.5. The van der Waals surface area contributed by atoms with Gasteiger partial charge in [-0.15, -0.1) is 0 Å². The Morgan fingerprint density at radius 3 is 1.27 bits per heavy atom. The normalized spacial score (nSPS) is 13.2. The van der Waals surface area contributed by atoms with Crippen LogP contribution in [0.15, 0.2) is 121 Å². The van der Waals surface area contributed by atoms with Crippen LogP contribution < -0.4 is 33.3 Å². The first kappa shape index (κ1) is 68.0. The fraction of sp³-hybridized carbons (Fsp3) is 0.506. The van der Waals surface area contributed by atoms with Gasteiger partial charge in [0, 0.05) is 5.69 Å². The van der Waals surface area contributed by atoms with Crippen molar-refractivity contribution in [3.63, 3.8) is 0 Å². The highest BCUT2D eigenvalue weighted by Gasteiger charge is 2.53. The van der Waals surface area contributed by atoms with Crippen molar-refractivity contribution < 1.29 is 28.4 Å². The van der Waals surface area contributed by atoms with Gasteiger partial charge < -0.3 is 33.3 Å². The average Bonchev–Trinajstić information content (AvgIpc) is 1.50. The predicted molar refractivity (Wildman–Crippen MR) is 387 cm³/mol. The molecule has 0 radical (unpaired) electrons. The third kappa shape index (κ3) is 16.2. The molecule has 0 saturated heterocycles. The van der Waals surface area contributed by atoms with E-state index in [9.17, 15) is 0 Å². The van der Waals surface area contributed by atoms with E-state index >= 15 is 0 Å². The maximum atomic E-state index is 7.09. The maximum absolute atomic E-state index is 7.09. The summed E-state index contributed by atoms with van der Waals surface area (Å²) in [6, 6.07) is 45.7. The molecule has 1 aliphatic heterocycles. The molecule has 92 heavy (non-hydrogen) atoms. The van der Waals surface area contributed by atoms with Crippen molar-refractivity contribution in [1.29, 1.82) is 0 Å². The molecule has 1 unspecified atom stereocenters. The van der Waals surface area contributed by atoms with Crippen LogP contribution in [0.2, 0.25) is 0 Å². The molecule has 7 nitrogen and oxygen atoms in total. The topological polar surface area (TPSA) is 58.6 Å². The second kappa shape index (κ2) is 34.3. The van der Waals surface area contributed by atoms with Crippen LogP contribution in [-0.2, 0) is 5.41 Å². The van der Waals surface area contributed by atoms with Crippen LogP contribution in [0.5, 0.6) is 40.2 Å². The van der Waals surface area contributed by atoms with Gasteiger partial charge in [0.25, 0.3) is 0 Å². The van der Waals surface area contributed by atoms with E-state index in [1.165, 1.54) is 161 Å². The molecule has 2 aliphatic carbocycles. The lowest BCUT2D eigenvalue weighted by molar-refractivity contribution is 0.233. The summed E-state index contributed by atoms with van der Waals surface area (Å²) >= 11 is 0. The van der Waals surface area contributed by atoms with Crippen LogP contribution in [-0.4, -0.2) is 33.0 Å². The Hall–Kier alpha value is -6.86. The standard InChI is InChI=1S/C85H111NO6/c1-9-15-20-24-28-32-49-87-81-57-71-72-58-82(88-50-33-29-25-21-16-10-2)84(90-52-35-31-27-23-18-12-4)60-76(72)85(75(71)59-83(81)89-51-34-30-26-22-17-11-3)73-53-62(7)37-45-69(73)70-46-39-65(55-74(70)85)66-40-48-78-80(56-66)92-79-54-63(8)38-47-77(79)86(78)67-41-43-68(44-42-67)91-61-64(14-6)36-19-13-5/h37-48,53-60,64H,9-36,49-52,61H2,1-8H3. The molecule has 0 fully saturated rings. The lowest BCUT2D eigenvalue weighted by atomic mass is 9.70. The number of nitrogens with zero attached hydrogens (tertiary/aromatic N) is 1. The van der Waals surface area contributed by atoms with E-state index in [2.05, 4.69) is 182 Å². The fourth-order valence-corrected chi connectivity index (χ4v) is 14.4. The third-order valence-corrected chi connectivity index (χ3v) is 19.8. The van der Waals surface area contributed by atoms with Crippen molar-refractivity contribution in [3.8, 4) is 73.6 Å². The van der Waals surface area contributed by atoms with Crippen molar-refractivity contribution >= 4 is 17.1 Å². The van der Waals surface area contributed by atoms with Gasteiger partial charge in [-0.3, -0.25) is 0 Å². The first-order valence-electron chi connectivity index (χ1n) is 36.8. The predicted octanol–water partition coefficient (Wildman–Crippen LogP) is 25.4. The zero-order valence-electron chi connectivity index (χ0n) is 57.9. The SMILES string of the molecule is CCCCCCCCOc1cc2c(cc1OCCCCCCCC)C1(c3cc(C)ccc3-c3ccc(-c4ccc5c(c4)Oc4cc(C)ccc4N5c4ccc(OCC(CC)CCCC)cc4)cc31)c1cc(OCCCCCCCC)c(OCCCCCCCC)cc1-2. The third-order valence-electron chi connectivity index (χ3n) is 19.8. The molecule has 10 rings (SSSR count). The highest BCUT2D eigenvalue weighted by atomic mass is 16.5. The maximum Gasteiger partial charge on any atom is 0.161 e. The van der Waals surface area contributed by atoms with Crippen LogP contribution >= 0.6 is 0 Å². The quantitative estimate of drug-likeness (QED) is 0.0354. The summed E-state index contributed by atoms with van der Waals surface area (Å²) in [5, 5.41) is 0. The highest BCUT2D eigenvalue weighted by molar-refractivity contribution is 5.98. The van der Waals surface area contributed by atoms with Crippen LogP contribution in [0.25, 0.3) is 33.4 Å². The van der Waals surface area contributed by atoms with E-state index in [1.54, 1.807) is 0 Å². The molecule has 1 spiro atoms. The van der Waals surface area contributed by atoms with Crippen LogP contribution in [0.1, 0.15) is 255 Å². The Kier molecular flexibility index (Phi) is 25.4. The number of ether oxygens (including phenoxy) is 6. The Morgan fingerprint density at radius 1 is 0.359 bits per heavy atom. The Bertz CT molecular complexity index is 3360. The Labute approximate surface area is 555 Å². The molecule has 492 valence electrons. The van der Waals surface area contributed by atoms with E-state index in [1.807, 2.05) is 0 Å². The van der Waals surface area contributed by atoms with Crippen molar-refractivity contribution in [2.75, 3.05) is 37.9 Å². The van der Waals surface area contributed by atoms with Gasteiger partial charge in [-0.25, -0.2) is 0 Å². The zero-order chi connectivity index (χ0) is 64.1. The average molecular weight is 1240 g/mol. The Balaban J connectivity index is 1.09. The first-order valence-corrected chi connectivity index (χ1v) is 36.8. The largest absolute Gasteiger partial charge is 0.493 e. The van der Waals surface area contributed by atoms with Crippen molar-refractivity contribution in [2.45, 2.75) is 241 Å². The van der Waals surface area contributed by atoms with E-state index in [0.29, 0.717) is 32.3 Å². The van der Waals surface area contributed by atoms with Gasteiger partial charge in [-0.05, 0) is 192 Å². The van der Waals surface area contributed by atoms with Gasteiger partial charge in [0.15, 0.2) is 34.5 Å². The van der Waals surface area contributed by atoms with Gasteiger partial charge >= 0.3 is 0 Å². The molecular weight excluding hydrogens is 1130 g/mol. The highest BCUT2D eigenvalue weighted by Crippen LogP contribution is 2.66. The van der Waals surface area contributed by atoms with Gasteiger partial charge in [0.05, 0.1) is 49.8 Å². The van der Waals surface area contributed by atoms with Crippen molar-refractivity contribution in [3.05, 3.63) is 155 Å². The number of fused-ring (bicyclic) bond motifs is 12. The fourth-order valence-electron chi connectivity index (χ4n) is 14.4. The number of rotatable bonds is 41. The second-order valence-corrected chi connectivity index (χ2v) is 27.0. The Morgan fingerprint density at radius 2 is 0.761 bits per heavy atom. The first-order chi connectivity index (χ1) is 45.2. The lowest BCUT2D eigenvalue weighted by Crippen LogP contribution is -2.26. The molecule has 0 bridgehead atoms. The number of unbranched alkanes of at least 4 members (excludes halogenated alkanes) is 21. The van der Waals surface area contributed by atoms with Crippen LogP contribution in [0.3, 0.4) is 0 Å². The van der Waals surface area contributed by atoms with Crippen molar-refractivity contribution in [1.82, 2.24) is 0 Å². The molecular formula is C85H111NO6. The summed E-state index contributed by atoms with van der Waals surface area (Å²) < 4.78 is 41.6. The minimum atomic E-state index is -0.732. The minimum Gasteiger partial charge on any atom is -0.493 e. The summed E-state index contributed by atoms with van der Waals surface area (Å²) in [5.74, 6) is 6.42. The molecule has 0 amide bonds. The van der Waals surface area contributed by atoms with Crippen molar-refractivity contribution in [2.24, 2.45) is 5.92 Å². The molecule has 7 aromatic carbocycles. The molecule has 3 aliphatic rings. The van der Waals surface area contributed by atoms with Gasteiger partial charge in [0.1, 0.15) is 5.75 Å². The summed E-state index contributed by atoms with van der Waals surface area (Å²) in [6.45, 7) is 21.4. The number of benzene rings is 7. The smallest absolute Gasteiger partial charge is 0.161 e. The molecule has 0 aromatic heterocycles. The lowest BCUT2D eigenvalue weighted by Gasteiger charge is -2.33. The monoisotopic (exact) mass is 1240 g/mol. The minimum absolute atomic E-state index is 0.560. The van der Waals surface area contributed by atoms with Gasteiger partial charge in [0.2, 0.25) is 0 Å². The number of hydrogen-bond acceptors (Lipinski definition) is 7. The van der Waals surface area contributed by atoms with Gasteiger partial charge in [-0.1, -0.05) is 237 Å². The number of hydrogen-bond donors (Lipinski definition) is 0. The van der Waals surface area contributed by atoms with E-state index < -0.39 is 5.41 Å². The summed E-state index contributed by atoms with van der Waals surface area (Å²) in [4.78, 5) is 2.34. The van der Waals surface area contributed by atoms with Crippen LogP contribution in [0, 0.1) is 19.8 Å². The molecule has 0 saturated carbocycles. The van der Waals surface area contributed by atoms with E-state index in [-0.39, 0.29) is 0 Å². The molecule has 0 N–H and O–H groups in total. The van der Waals surface area contributed by atoms with E-state index in [4.69, 9.17) is 28.4 Å².